The van der Waals surface area contributed by atoms with Crippen molar-refractivity contribution in [2.45, 2.75) is 121 Å². The van der Waals surface area contributed by atoms with Gasteiger partial charge >= 0.3 is 7.12 Å². The van der Waals surface area contributed by atoms with Gasteiger partial charge in [-0.3, -0.25) is 9.69 Å². The molecule has 196 valence electrons. The average Bonchev–Trinajstić information content (AvgIpc) is 3.27. The molecule has 5 aliphatic rings. The number of carbonyl (C=O) groups is 1. The molecule has 1 N–H and O–H groups in total. The number of nitrogens with zero attached hydrogens (tertiary/aromatic N) is 2. The van der Waals surface area contributed by atoms with Crippen LogP contribution in [0, 0.1) is 5.41 Å². The van der Waals surface area contributed by atoms with Gasteiger partial charge in [-0.25, -0.2) is 0 Å². The van der Waals surface area contributed by atoms with E-state index in [2.05, 4.69) is 69.5 Å². The number of likely N-dealkylation sites (tertiary alicyclic amines) is 1. The van der Waals surface area contributed by atoms with Gasteiger partial charge in [-0.1, -0.05) is 45.2 Å². The minimum atomic E-state index is -0.428. The summed E-state index contributed by atoms with van der Waals surface area (Å²) in [5.41, 5.74) is 2.08. The van der Waals surface area contributed by atoms with Gasteiger partial charge in [0.2, 0.25) is 5.91 Å². The maximum absolute atomic E-state index is 14.2. The van der Waals surface area contributed by atoms with E-state index in [-0.39, 0.29) is 23.0 Å². The van der Waals surface area contributed by atoms with Gasteiger partial charge in [0.1, 0.15) is 0 Å². The second kappa shape index (κ2) is 8.05. The molecule has 1 unspecified atom stereocenters. The van der Waals surface area contributed by atoms with Gasteiger partial charge in [-0.2, -0.15) is 0 Å². The van der Waals surface area contributed by atoms with Crippen molar-refractivity contribution in [3.05, 3.63) is 23.8 Å². The fraction of sp³-hybridized carbons (Fsp3) is 0.759. The average molecular weight is 494 g/mol. The number of amides is 1. The van der Waals surface area contributed by atoms with E-state index in [9.17, 15) is 9.90 Å². The van der Waals surface area contributed by atoms with E-state index < -0.39 is 18.3 Å². The van der Waals surface area contributed by atoms with Crippen molar-refractivity contribution >= 4 is 24.2 Å². The van der Waals surface area contributed by atoms with Crippen molar-refractivity contribution < 1.29 is 19.2 Å². The number of carbonyl (C=O) groups excluding carboxylic acids is 1. The lowest BCUT2D eigenvalue weighted by molar-refractivity contribution is -0.125. The van der Waals surface area contributed by atoms with Crippen molar-refractivity contribution in [2.24, 2.45) is 5.41 Å². The molecular formula is C29H43BN2O4. The van der Waals surface area contributed by atoms with E-state index in [1.807, 2.05) is 0 Å². The molecular weight excluding hydrogens is 451 g/mol. The standard InChI is InChI=1S/C29H43BN2O4/c1-26(2)18-31(17-24(26)33)20-15-21(16-20)32-23-14-19(30-35-27(3,4)28(5,6)36-30)10-11-22(23)29(25(32)34)12-8-7-9-13-29/h10-11,14,20-21,24,33H,7-9,12-13,15-18H2,1-6H3. The van der Waals surface area contributed by atoms with Gasteiger partial charge in [0, 0.05) is 36.3 Å². The van der Waals surface area contributed by atoms with Crippen molar-refractivity contribution in [1.82, 2.24) is 4.90 Å². The molecule has 1 spiro atoms. The van der Waals surface area contributed by atoms with Gasteiger partial charge in [-0.15, -0.1) is 0 Å². The highest BCUT2D eigenvalue weighted by Gasteiger charge is 2.57. The number of rotatable bonds is 3. The number of aliphatic hydroxyl groups is 1. The van der Waals surface area contributed by atoms with Crippen LogP contribution >= 0.6 is 0 Å². The Morgan fingerprint density at radius 1 is 0.944 bits per heavy atom. The van der Waals surface area contributed by atoms with Crippen molar-refractivity contribution in [3.8, 4) is 0 Å². The van der Waals surface area contributed by atoms with Crippen LogP contribution < -0.4 is 10.4 Å². The Hall–Kier alpha value is -1.41. The summed E-state index contributed by atoms with van der Waals surface area (Å²) < 4.78 is 12.7. The highest BCUT2D eigenvalue weighted by Crippen LogP contribution is 2.53. The molecule has 3 aliphatic heterocycles. The van der Waals surface area contributed by atoms with E-state index in [1.54, 1.807) is 0 Å². The molecule has 6 rings (SSSR count). The Morgan fingerprint density at radius 3 is 2.17 bits per heavy atom. The first-order valence-electron chi connectivity index (χ1n) is 14.1. The molecule has 1 atom stereocenters. The second-order valence-electron chi connectivity index (χ2n) is 13.9. The summed E-state index contributed by atoms with van der Waals surface area (Å²) >= 11 is 0. The zero-order chi connectivity index (χ0) is 25.7. The van der Waals surface area contributed by atoms with Gasteiger partial charge < -0.3 is 19.3 Å². The lowest BCUT2D eigenvalue weighted by Crippen LogP contribution is -2.56. The molecule has 2 saturated heterocycles. The first kappa shape index (κ1) is 24.9. The third-order valence-electron chi connectivity index (χ3n) is 10.5. The van der Waals surface area contributed by atoms with Crippen LogP contribution in [-0.4, -0.2) is 65.5 Å². The van der Waals surface area contributed by atoms with E-state index in [0.29, 0.717) is 11.9 Å². The normalized spacial score (nSPS) is 34.3. The molecule has 6 nitrogen and oxygen atoms in total. The molecule has 2 aliphatic carbocycles. The number of hydrogen-bond donors (Lipinski definition) is 1. The van der Waals surface area contributed by atoms with Crippen LogP contribution in [0.5, 0.6) is 0 Å². The quantitative estimate of drug-likeness (QED) is 0.649. The molecule has 1 aromatic carbocycles. The largest absolute Gasteiger partial charge is 0.494 e. The fourth-order valence-electron chi connectivity index (χ4n) is 7.24. The number of anilines is 1. The Morgan fingerprint density at radius 2 is 1.58 bits per heavy atom. The summed E-state index contributed by atoms with van der Waals surface area (Å²) in [7, 11) is -0.428. The number of β-amino-alcohol motifs (C(OH)–C–C–N with tert-alkyl or cyclic N) is 1. The van der Waals surface area contributed by atoms with Crippen molar-refractivity contribution in [3.63, 3.8) is 0 Å². The van der Waals surface area contributed by atoms with Gasteiger partial charge in [0.15, 0.2) is 0 Å². The number of hydrogen-bond acceptors (Lipinski definition) is 5. The van der Waals surface area contributed by atoms with Crippen LogP contribution in [0.1, 0.15) is 92.1 Å². The molecule has 1 amide bonds. The predicted octanol–water partition coefficient (Wildman–Crippen LogP) is 3.77. The monoisotopic (exact) mass is 494 g/mol. The Bertz CT molecular complexity index is 1040. The lowest BCUT2D eigenvalue weighted by Gasteiger charge is -2.46. The zero-order valence-electron chi connectivity index (χ0n) is 23.0. The molecule has 7 heteroatoms. The first-order valence-corrected chi connectivity index (χ1v) is 14.1. The van der Waals surface area contributed by atoms with E-state index in [0.717, 1.165) is 62.8 Å². The molecule has 0 bridgehead atoms. The number of benzene rings is 1. The highest BCUT2D eigenvalue weighted by atomic mass is 16.7. The maximum Gasteiger partial charge on any atom is 0.494 e. The van der Waals surface area contributed by atoms with Crippen LogP contribution in [0.25, 0.3) is 0 Å². The molecule has 0 aromatic heterocycles. The van der Waals surface area contributed by atoms with E-state index >= 15 is 0 Å². The van der Waals surface area contributed by atoms with E-state index in [1.165, 1.54) is 12.0 Å². The minimum absolute atomic E-state index is 0.0644. The second-order valence-corrected chi connectivity index (χ2v) is 13.9. The first-order chi connectivity index (χ1) is 16.8. The SMILES string of the molecule is CC1(C)CN(C2CC(N3C(=O)C4(CCCCC4)c4ccc(B5OC(C)(C)C(C)(C)O5)cc43)C2)CC1O. The molecule has 4 fully saturated rings. The predicted molar refractivity (Wildman–Crippen MR) is 143 cm³/mol. The minimum Gasteiger partial charge on any atom is -0.399 e. The summed E-state index contributed by atoms with van der Waals surface area (Å²) in [6.07, 6.45) is 7.03. The third-order valence-corrected chi connectivity index (χ3v) is 10.5. The third kappa shape index (κ3) is 3.56. The highest BCUT2D eigenvalue weighted by molar-refractivity contribution is 6.62. The lowest BCUT2D eigenvalue weighted by atomic mass is 9.69. The maximum atomic E-state index is 14.2. The fourth-order valence-corrected chi connectivity index (χ4v) is 7.24. The summed E-state index contributed by atoms with van der Waals surface area (Å²) in [5.74, 6) is 0.313. The molecule has 0 radical (unpaired) electrons. The van der Waals surface area contributed by atoms with Crippen LogP contribution in [-0.2, 0) is 19.5 Å². The molecule has 3 heterocycles. The number of aliphatic hydroxyl groups excluding tert-OH is 1. The van der Waals surface area contributed by atoms with Gasteiger partial charge in [-0.05, 0) is 70.5 Å². The van der Waals surface area contributed by atoms with Crippen LogP contribution in [0.2, 0.25) is 0 Å². The van der Waals surface area contributed by atoms with Crippen molar-refractivity contribution in [2.75, 3.05) is 18.0 Å². The number of fused-ring (bicyclic) bond motifs is 2. The molecule has 36 heavy (non-hydrogen) atoms. The summed E-state index contributed by atoms with van der Waals surface area (Å²) in [6, 6.07) is 7.18. The molecule has 1 aromatic rings. The summed E-state index contributed by atoms with van der Waals surface area (Å²) in [4.78, 5) is 18.8. The van der Waals surface area contributed by atoms with Crippen molar-refractivity contribution in [1.29, 1.82) is 0 Å². The van der Waals surface area contributed by atoms with E-state index in [4.69, 9.17) is 9.31 Å². The van der Waals surface area contributed by atoms with Crippen LogP contribution in [0.4, 0.5) is 5.69 Å². The zero-order valence-corrected chi connectivity index (χ0v) is 23.0. The van der Waals surface area contributed by atoms with Crippen LogP contribution in [0.15, 0.2) is 18.2 Å². The smallest absolute Gasteiger partial charge is 0.399 e. The molecule has 2 saturated carbocycles. The Balaban J connectivity index is 1.29. The summed E-state index contributed by atoms with van der Waals surface area (Å²) in [5, 5.41) is 10.5. The topological polar surface area (TPSA) is 62.2 Å². The summed E-state index contributed by atoms with van der Waals surface area (Å²) in [6.45, 7) is 14.3. The van der Waals surface area contributed by atoms with Gasteiger partial charge in [0.05, 0.1) is 22.7 Å². The van der Waals surface area contributed by atoms with Gasteiger partial charge in [0.25, 0.3) is 0 Å². The van der Waals surface area contributed by atoms with Crippen LogP contribution in [0.3, 0.4) is 0 Å². The Kier molecular flexibility index (Phi) is 5.57. The Labute approximate surface area is 216 Å².